The first-order valence-corrected chi connectivity index (χ1v) is 6.59. The summed E-state index contributed by atoms with van der Waals surface area (Å²) in [6, 6.07) is 11.0. The Bertz CT molecular complexity index is 689. The van der Waals surface area contributed by atoms with Gasteiger partial charge < -0.3 is 4.74 Å². The summed E-state index contributed by atoms with van der Waals surface area (Å²) in [4.78, 5) is 22.0. The zero-order chi connectivity index (χ0) is 15.4. The molecule has 0 spiro atoms. The van der Waals surface area contributed by atoms with Crippen LogP contribution >= 0.6 is 23.2 Å². The largest absolute Gasteiger partial charge is 0.485 e. The molecule has 0 amide bonds. The van der Waals surface area contributed by atoms with E-state index in [1.165, 1.54) is 6.07 Å². The Morgan fingerprint density at radius 1 is 1.19 bits per heavy atom. The molecule has 2 rings (SSSR count). The number of benzene rings is 2. The molecule has 2 aromatic carbocycles. The quantitative estimate of drug-likeness (QED) is 0.470. The van der Waals surface area contributed by atoms with E-state index in [-0.39, 0.29) is 33.9 Å². The van der Waals surface area contributed by atoms with Crippen molar-refractivity contribution in [1.29, 1.82) is 0 Å². The number of nitrogens with zero attached hydrogens (tertiary/aromatic N) is 1. The first kappa shape index (κ1) is 15.3. The van der Waals surface area contributed by atoms with Gasteiger partial charge in [-0.25, -0.2) is 0 Å². The predicted molar refractivity (Wildman–Crippen MR) is 79.4 cm³/mol. The number of nitro groups is 1. The van der Waals surface area contributed by atoms with Gasteiger partial charge >= 0.3 is 0 Å². The number of halogens is 2. The topological polar surface area (TPSA) is 69.4 Å². The minimum atomic E-state index is -0.667. The SMILES string of the molecule is O=C(COc1cc(Cl)c(Cl)c([N+](=O)[O-])c1)c1ccccc1. The molecule has 0 aliphatic rings. The molecule has 0 fully saturated rings. The van der Waals surface area contributed by atoms with Crippen LogP contribution in [0.3, 0.4) is 0 Å². The second kappa shape index (κ2) is 6.56. The molecule has 0 aromatic heterocycles. The first-order valence-electron chi connectivity index (χ1n) is 5.83. The Labute approximate surface area is 130 Å². The van der Waals surface area contributed by atoms with Crippen LogP contribution in [0, 0.1) is 10.1 Å². The maximum absolute atomic E-state index is 11.9. The fraction of sp³-hybridized carbons (Fsp3) is 0.0714. The standard InChI is InChI=1S/C14H9Cl2NO4/c15-11-6-10(7-12(14(11)16)17(19)20)21-8-13(18)9-4-2-1-3-5-9/h1-7H,8H2. The van der Waals surface area contributed by atoms with Crippen molar-refractivity contribution in [2.75, 3.05) is 6.61 Å². The highest BCUT2D eigenvalue weighted by Gasteiger charge is 2.18. The third-order valence-corrected chi connectivity index (χ3v) is 3.44. The van der Waals surface area contributed by atoms with Gasteiger partial charge in [0, 0.05) is 11.6 Å². The molecule has 2 aromatic rings. The monoisotopic (exact) mass is 325 g/mol. The summed E-state index contributed by atoms with van der Waals surface area (Å²) in [6.45, 7) is -0.251. The Morgan fingerprint density at radius 3 is 2.48 bits per heavy atom. The van der Waals surface area contributed by atoms with Gasteiger partial charge in [0.2, 0.25) is 0 Å². The van der Waals surface area contributed by atoms with Crippen molar-refractivity contribution < 1.29 is 14.5 Å². The van der Waals surface area contributed by atoms with E-state index in [1.54, 1.807) is 30.3 Å². The second-order valence-corrected chi connectivity index (χ2v) is 4.86. The molecule has 7 heteroatoms. The number of hydrogen-bond acceptors (Lipinski definition) is 4. The van der Waals surface area contributed by atoms with Gasteiger partial charge in [-0.05, 0) is 0 Å². The Morgan fingerprint density at radius 2 is 1.86 bits per heavy atom. The summed E-state index contributed by atoms with van der Waals surface area (Å²) in [5, 5.41) is 10.7. The molecule has 0 radical (unpaired) electrons. The van der Waals surface area contributed by atoms with E-state index < -0.39 is 4.92 Å². The molecular formula is C14H9Cl2NO4. The van der Waals surface area contributed by atoms with Crippen LogP contribution in [0.15, 0.2) is 42.5 Å². The summed E-state index contributed by atoms with van der Waals surface area (Å²) in [5.74, 6) is -0.135. The van der Waals surface area contributed by atoms with Crippen molar-refractivity contribution in [1.82, 2.24) is 0 Å². The van der Waals surface area contributed by atoms with Crippen molar-refractivity contribution in [2.45, 2.75) is 0 Å². The highest BCUT2D eigenvalue weighted by Crippen LogP contribution is 2.35. The van der Waals surface area contributed by atoms with Gasteiger partial charge in [-0.3, -0.25) is 14.9 Å². The van der Waals surface area contributed by atoms with Crippen LogP contribution in [-0.4, -0.2) is 17.3 Å². The lowest BCUT2D eigenvalue weighted by Gasteiger charge is -2.07. The van der Waals surface area contributed by atoms with Crippen molar-refractivity contribution >= 4 is 34.7 Å². The maximum atomic E-state index is 11.9. The lowest BCUT2D eigenvalue weighted by molar-refractivity contribution is -0.384. The van der Waals surface area contributed by atoms with Crippen LogP contribution in [-0.2, 0) is 0 Å². The minimum Gasteiger partial charge on any atom is -0.485 e. The van der Waals surface area contributed by atoms with Crippen LogP contribution in [0.5, 0.6) is 5.75 Å². The summed E-state index contributed by atoms with van der Waals surface area (Å²) in [5.41, 5.74) is 0.124. The van der Waals surface area contributed by atoms with Gasteiger partial charge in [0.15, 0.2) is 12.4 Å². The summed E-state index contributed by atoms with van der Waals surface area (Å²) in [7, 11) is 0. The van der Waals surface area contributed by atoms with Crippen molar-refractivity contribution in [3.8, 4) is 5.75 Å². The van der Waals surface area contributed by atoms with E-state index >= 15 is 0 Å². The number of carbonyl (C=O) groups is 1. The van der Waals surface area contributed by atoms with Crippen LogP contribution in [0.4, 0.5) is 5.69 Å². The number of carbonyl (C=O) groups excluding carboxylic acids is 1. The summed E-state index contributed by atoms with van der Waals surface area (Å²) < 4.78 is 5.25. The van der Waals surface area contributed by atoms with Crippen LogP contribution in [0.2, 0.25) is 10.0 Å². The van der Waals surface area contributed by atoms with Crippen LogP contribution in [0.25, 0.3) is 0 Å². The molecule has 0 saturated carbocycles. The molecule has 0 N–H and O–H groups in total. The van der Waals surface area contributed by atoms with E-state index in [9.17, 15) is 14.9 Å². The highest BCUT2D eigenvalue weighted by atomic mass is 35.5. The van der Waals surface area contributed by atoms with Gasteiger partial charge in [0.1, 0.15) is 10.8 Å². The van der Waals surface area contributed by atoms with Gasteiger partial charge in [-0.15, -0.1) is 0 Å². The number of hydrogen-bond donors (Lipinski definition) is 0. The van der Waals surface area contributed by atoms with Crippen LogP contribution < -0.4 is 4.74 Å². The second-order valence-electron chi connectivity index (χ2n) is 4.07. The minimum absolute atomic E-state index is 0.00646. The lowest BCUT2D eigenvalue weighted by atomic mass is 10.1. The molecule has 0 aliphatic heterocycles. The maximum Gasteiger partial charge on any atom is 0.293 e. The van der Waals surface area contributed by atoms with E-state index in [4.69, 9.17) is 27.9 Å². The molecular weight excluding hydrogens is 317 g/mol. The average Bonchev–Trinajstić information content (AvgIpc) is 2.48. The Kier molecular flexibility index (Phi) is 4.77. The van der Waals surface area contributed by atoms with Crippen molar-refractivity contribution in [2.24, 2.45) is 0 Å². The lowest BCUT2D eigenvalue weighted by Crippen LogP contribution is -2.11. The van der Waals surface area contributed by atoms with Gasteiger partial charge in [-0.2, -0.15) is 0 Å². The number of nitro benzene ring substituents is 1. The molecule has 5 nitrogen and oxygen atoms in total. The predicted octanol–water partition coefficient (Wildman–Crippen LogP) is 4.16. The molecule has 0 atom stereocenters. The van der Waals surface area contributed by atoms with E-state index in [0.29, 0.717) is 5.56 Å². The van der Waals surface area contributed by atoms with Crippen molar-refractivity contribution in [3.05, 3.63) is 68.2 Å². The smallest absolute Gasteiger partial charge is 0.293 e. The number of ketones is 1. The Balaban J connectivity index is 2.14. The van der Waals surface area contributed by atoms with E-state index in [2.05, 4.69) is 0 Å². The summed E-state index contributed by atoms with van der Waals surface area (Å²) >= 11 is 11.5. The molecule has 108 valence electrons. The molecule has 0 bridgehead atoms. The molecule has 21 heavy (non-hydrogen) atoms. The fourth-order valence-corrected chi connectivity index (χ4v) is 2.01. The van der Waals surface area contributed by atoms with Crippen molar-refractivity contribution in [3.63, 3.8) is 0 Å². The Hall–Kier alpha value is -2.11. The molecule has 0 unspecified atom stereocenters. The third-order valence-electron chi connectivity index (χ3n) is 2.64. The normalized spacial score (nSPS) is 10.2. The van der Waals surface area contributed by atoms with Crippen LogP contribution in [0.1, 0.15) is 10.4 Å². The zero-order valence-electron chi connectivity index (χ0n) is 10.6. The summed E-state index contributed by atoms with van der Waals surface area (Å²) in [6.07, 6.45) is 0. The number of rotatable bonds is 5. The van der Waals surface area contributed by atoms with Gasteiger partial charge in [0.05, 0.1) is 16.0 Å². The third kappa shape index (κ3) is 3.71. The van der Waals surface area contributed by atoms with E-state index in [0.717, 1.165) is 6.07 Å². The van der Waals surface area contributed by atoms with E-state index in [1.807, 2.05) is 0 Å². The number of Topliss-reactive ketones (excluding diaryl/α,β-unsaturated/α-hetero) is 1. The van der Waals surface area contributed by atoms with Gasteiger partial charge in [-0.1, -0.05) is 53.5 Å². The van der Waals surface area contributed by atoms with Gasteiger partial charge in [0.25, 0.3) is 5.69 Å². The molecule has 0 aliphatic carbocycles. The fourth-order valence-electron chi connectivity index (χ4n) is 1.62. The first-order chi connectivity index (χ1) is 9.99. The molecule has 0 saturated heterocycles. The molecule has 0 heterocycles. The zero-order valence-corrected chi connectivity index (χ0v) is 12.1. The average molecular weight is 326 g/mol. The number of ether oxygens (including phenoxy) is 1. The highest BCUT2D eigenvalue weighted by molar-refractivity contribution is 6.43.